The zero-order chi connectivity index (χ0) is 81.1. The number of carbonyl (C=O) groups is 4. The highest BCUT2D eigenvalue weighted by Gasteiger charge is 2.62. The molecular formula is C62H104N4O44. The first kappa shape index (κ1) is 90.2. The number of nitrogens with one attached hydrogen (secondary N) is 4. The van der Waals surface area contributed by atoms with Crippen LogP contribution in [-0.4, -0.2) is 463 Å². The van der Waals surface area contributed by atoms with Crippen LogP contribution in [0.1, 0.15) is 41.5 Å². The van der Waals surface area contributed by atoms with Gasteiger partial charge in [0.25, 0.3) is 0 Å². The molecule has 0 bridgehead atoms. The molecule has 9 aliphatic rings. The number of aliphatic hydroxyl groups excluding tert-OH is 23. The topological polar surface area (TPSA) is 739 Å². The van der Waals surface area contributed by atoms with E-state index < -0.39 is 346 Å². The molecule has 9 rings (SSSR count). The molecule has 48 nitrogen and oxygen atoms in total. The lowest BCUT2D eigenvalue weighted by molar-refractivity contribution is -0.418. The summed E-state index contributed by atoms with van der Waals surface area (Å²) in [6.45, 7) is -1.22. The Balaban J connectivity index is 1.18. The van der Waals surface area contributed by atoms with Crippen molar-refractivity contribution < 1.29 is 217 Å². The Kier molecular flexibility index (Phi) is 32.0. The minimum atomic E-state index is -2.56. The van der Waals surface area contributed by atoms with Crippen LogP contribution >= 0.6 is 0 Å². The quantitative estimate of drug-likeness (QED) is 0.0363. The standard InChI is InChI=1S/C62H104N4O44/c1-14-31(76)42(87)45(90)58(96-14)109-52-50(107-57-30(66-19(6)75)49(36(81)23(10-70)101-57)105-60-47(92)44(89)35(80)22(9-69)102-60)37(82)24(11-71)103-61(52)108-51-39(84)26(13-95-56-28(64-17(4)73)41(86)34(79)21(8-68)100-56)104-62(53(51)110-59-46(91)43(88)32(77)15(2)97-59)106-48-29(65-18(5)74)54(93)98-25(38(48)83)12-94-55-27(63-16(3)72)40(85)33(78)20(7-67)99-55/h14-15,20-62,67-71,76-93H,7-13H2,1-6H3,(H,63,72)(H,64,73)(H,65,74)(H,66,75)/t14-,15-,20+,21+,22+,23+,24+,25+,26+,27+,28+,29+,30+,31+,32+,33+,34+,35-,36-,37-,38-,39-,40+,41+,42+,43+,44-,45-,46-,47+,48+,49+,50-,51-,52+,53+,54-,55+,56+,57+,58-,59-,60+,61-,62-/m0/s1. The van der Waals surface area contributed by atoms with Crippen LogP contribution in [0, 0.1) is 0 Å². The van der Waals surface area contributed by atoms with E-state index in [0.717, 1.165) is 27.7 Å². The maximum Gasteiger partial charge on any atom is 0.217 e. The van der Waals surface area contributed by atoms with Crippen LogP contribution < -0.4 is 21.3 Å². The predicted octanol–water partition coefficient (Wildman–Crippen LogP) is -18.0. The van der Waals surface area contributed by atoms with Gasteiger partial charge < -0.3 is 219 Å². The first-order valence-electron chi connectivity index (χ1n) is 35.3. The molecule has 45 atom stereocenters. The highest BCUT2D eigenvalue weighted by molar-refractivity contribution is 5.74. The molecule has 0 saturated carbocycles. The Morgan fingerprint density at radius 2 is 0.518 bits per heavy atom. The average molecular weight is 1610 g/mol. The van der Waals surface area contributed by atoms with Gasteiger partial charge in [0.15, 0.2) is 56.6 Å². The van der Waals surface area contributed by atoms with Gasteiger partial charge in [0.2, 0.25) is 23.6 Å². The highest BCUT2D eigenvalue weighted by atomic mass is 16.8. The summed E-state index contributed by atoms with van der Waals surface area (Å²) >= 11 is 0. The minimum absolute atomic E-state index is 0.791. The van der Waals surface area contributed by atoms with Crippen molar-refractivity contribution in [2.45, 2.75) is 318 Å². The van der Waals surface area contributed by atoms with Crippen molar-refractivity contribution >= 4 is 23.6 Å². The zero-order valence-corrected chi connectivity index (χ0v) is 59.8. The molecule has 0 radical (unpaired) electrons. The summed E-state index contributed by atoms with van der Waals surface area (Å²) in [6, 6.07) is -7.35. The van der Waals surface area contributed by atoms with E-state index in [9.17, 15) is 137 Å². The molecule has 0 unspecified atom stereocenters. The van der Waals surface area contributed by atoms with Gasteiger partial charge >= 0.3 is 0 Å². The van der Waals surface area contributed by atoms with E-state index in [4.69, 9.17) is 80.5 Å². The van der Waals surface area contributed by atoms with Gasteiger partial charge in [-0.05, 0) is 13.8 Å². The molecule has 0 aromatic heterocycles. The van der Waals surface area contributed by atoms with E-state index in [1.807, 2.05) is 0 Å². The van der Waals surface area contributed by atoms with Gasteiger partial charge in [-0.3, -0.25) is 19.2 Å². The SMILES string of the molecule is CC(=O)N[C@@H]1[C@@H](O[C@@H]2O[C@H](CO[C@@H]3O[C@H](CO)[C@@H](O)[C@H](O)[C@H]3NC(C)=O)[C@H](O)[C@H](O[C@@H]3O[C@H](CO)[C@H](O)[C@H](O[C@H]4O[C@H](CO)[C@H](O)[C@H](O[C@H]5O[C@H](CO)[C@H](O)[C@H](O)[C@H]5O)[C@H]4NC(C)=O)[C@H]3O[C@@H]3O[C@@H](C)[C@@H](O)[C@@H](O)[C@@H]3O)[C@H]2O[C@@H]2O[C@@H](C)[C@@H](O)[C@@H](O)[C@@H]2O)[C@@H](O)[C@@H](CO[C@@H]2O[C@H](CO)[C@@H](O)[C@H](O)[C@H]2NC(C)=O)O[C@@H]1O. The molecule has 110 heavy (non-hydrogen) atoms. The Labute approximate surface area is 624 Å². The lowest BCUT2D eigenvalue weighted by Gasteiger charge is -2.53. The lowest BCUT2D eigenvalue weighted by atomic mass is 9.93. The van der Waals surface area contributed by atoms with Crippen molar-refractivity contribution in [3.63, 3.8) is 0 Å². The largest absolute Gasteiger partial charge is 0.394 e. The van der Waals surface area contributed by atoms with Crippen LogP contribution in [-0.2, 0) is 99.7 Å². The highest BCUT2D eigenvalue weighted by Crippen LogP contribution is 2.41. The summed E-state index contributed by atoms with van der Waals surface area (Å²) in [5, 5.41) is 268. The molecule has 0 aromatic rings. The summed E-state index contributed by atoms with van der Waals surface area (Å²) in [6.07, 6.45) is -86.1. The maximum atomic E-state index is 13.3. The first-order chi connectivity index (χ1) is 51.9. The molecule has 27 N–H and O–H groups in total. The molecular weight excluding hydrogens is 1500 g/mol. The monoisotopic (exact) mass is 1610 g/mol. The van der Waals surface area contributed by atoms with Crippen LogP contribution in [0.25, 0.3) is 0 Å². The Bertz CT molecular complexity index is 2930. The van der Waals surface area contributed by atoms with E-state index in [-0.39, 0.29) is 0 Å². The number of amides is 4. The molecule has 0 aliphatic carbocycles. The molecule has 9 saturated heterocycles. The van der Waals surface area contributed by atoms with E-state index >= 15 is 0 Å². The second-order valence-electron chi connectivity index (χ2n) is 28.2. The molecule has 9 aliphatic heterocycles. The molecule has 0 aromatic carbocycles. The fraction of sp³-hybridized carbons (Fsp3) is 0.935. The van der Waals surface area contributed by atoms with Crippen molar-refractivity contribution in [3.05, 3.63) is 0 Å². The van der Waals surface area contributed by atoms with Crippen molar-refractivity contribution in [2.24, 2.45) is 0 Å². The van der Waals surface area contributed by atoms with E-state index in [1.54, 1.807) is 0 Å². The summed E-state index contributed by atoms with van der Waals surface area (Å²) in [7, 11) is 0. The Morgan fingerprint density at radius 3 is 0.936 bits per heavy atom. The summed E-state index contributed by atoms with van der Waals surface area (Å²) in [5.41, 5.74) is 0. The molecule has 9 fully saturated rings. The van der Waals surface area contributed by atoms with Crippen LogP contribution in [0.5, 0.6) is 0 Å². The number of ether oxygens (including phenoxy) is 17. The Hall–Kier alpha value is -3.72. The van der Waals surface area contributed by atoms with Gasteiger partial charge in [0.1, 0.15) is 207 Å². The summed E-state index contributed by atoms with van der Waals surface area (Å²) in [4.78, 5) is 51.5. The molecule has 9 heterocycles. The molecule has 48 heteroatoms. The van der Waals surface area contributed by atoms with Crippen molar-refractivity contribution in [2.75, 3.05) is 46.2 Å². The summed E-state index contributed by atoms with van der Waals surface area (Å²) < 4.78 is 104. The average Bonchev–Trinajstić information content (AvgIpc) is 0.755. The zero-order valence-electron chi connectivity index (χ0n) is 59.8. The third kappa shape index (κ3) is 19.9. The third-order valence-corrected chi connectivity index (χ3v) is 20.3. The van der Waals surface area contributed by atoms with Gasteiger partial charge in [0, 0.05) is 27.7 Å². The lowest BCUT2D eigenvalue weighted by Crippen LogP contribution is -2.71. The van der Waals surface area contributed by atoms with Crippen LogP contribution in [0.4, 0.5) is 0 Å². The molecule has 0 spiro atoms. The molecule has 636 valence electrons. The first-order valence-corrected chi connectivity index (χ1v) is 35.3. The van der Waals surface area contributed by atoms with Gasteiger partial charge in [-0.1, -0.05) is 0 Å². The summed E-state index contributed by atoms with van der Waals surface area (Å²) in [5.74, 6) is -3.60. The maximum absolute atomic E-state index is 13.3. The second kappa shape index (κ2) is 39.0. The number of hydrogen-bond acceptors (Lipinski definition) is 44. The molecule has 4 amide bonds. The van der Waals surface area contributed by atoms with Crippen molar-refractivity contribution in [1.82, 2.24) is 21.3 Å². The van der Waals surface area contributed by atoms with Crippen LogP contribution in [0.2, 0.25) is 0 Å². The van der Waals surface area contributed by atoms with Crippen LogP contribution in [0.15, 0.2) is 0 Å². The fourth-order valence-electron chi connectivity index (χ4n) is 14.2. The normalized spacial score (nSPS) is 49.6. The number of hydrogen-bond donors (Lipinski definition) is 27. The predicted molar refractivity (Wildman–Crippen MR) is 341 cm³/mol. The minimum Gasteiger partial charge on any atom is -0.394 e. The third-order valence-electron chi connectivity index (χ3n) is 20.3. The van der Waals surface area contributed by atoms with Crippen LogP contribution in [0.3, 0.4) is 0 Å². The van der Waals surface area contributed by atoms with Gasteiger partial charge in [-0.15, -0.1) is 0 Å². The van der Waals surface area contributed by atoms with Gasteiger partial charge in [0.05, 0.1) is 58.5 Å². The van der Waals surface area contributed by atoms with E-state index in [2.05, 4.69) is 21.3 Å². The van der Waals surface area contributed by atoms with Crippen molar-refractivity contribution in [3.8, 4) is 0 Å². The Morgan fingerprint density at radius 1 is 0.255 bits per heavy atom. The number of aliphatic hydroxyl groups is 23. The van der Waals surface area contributed by atoms with Crippen molar-refractivity contribution in [1.29, 1.82) is 0 Å². The number of carbonyl (C=O) groups excluding carboxylic acids is 4. The number of rotatable bonds is 27. The van der Waals surface area contributed by atoms with E-state index in [1.165, 1.54) is 13.8 Å². The fourth-order valence-corrected chi connectivity index (χ4v) is 14.2. The van der Waals surface area contributed by atoms with E-state index in [0.29, 0.717) is 0 Å². The van der Waals surface area contributed by atoms with Gasteiger partial charge in [-0.2, -0.15) is 0 Å². The van der Waals surface area contributed by atoms with Gasteiger partial charge in [-0.25, -0.2) is 0 Å². The smallest absolute Gasteiger partial charge is 0.217 e. The second-order valence-corrected chi connectivity index (χ2v) is 28.2.